The summed E-state index contributed by atoms with van der Waals surface area (Å²) in [5.41, 5.74) is 8.34. The lowest BCUT2D eigenvalue weighted by atomic mass is 9.96. The highest BCUT2D eigenvalue weighted by Gasteiger charge is 2.28. The van der Waals surface area contributed by atoms with Crippen LogP contribution in [0.2, 0.25) is 0 Å². The number of rotatable bonds is 3. The van der Waals surface area contributed by atoms with E-state index in [1.54, 1.807) is 0 Å². The van der Waals surface area contributed by atoms with Gasteiger partial charge in [-0.05, 0) is 43.5 Å². The smallest absolute Gasteiger partial charge is 0.222 e. The largest absolute Gasteiger partial charge is 0.368 e. The summed E-state index contributed by atoms with van der Waals surface area (Å²) in [6.07, 6.45) is 5.29. The van der Waals surface area contributed by atoms with Crippen molar-refractivity contribution in [3.8, 4) is 0 Å². The molecule has 1 aromatic heterocycles. The van der Waals surface area contributed by atoms with Gasteiger partial charge < -0.3 is 16.0 Å². The van der Waals surface area contributed by atoms with E-state index in [-0.39, 0.29) is 0 Å². The van der Waals surface area contributed by atoms with Crippen molar-refractivity contribution in [1.29, 1.82) is 0 Å². The average molecular weight is 297 g/mol. The minimum absolute atomic E-state index is 0.374. The van der Waals surface area contributed by atoms with E-state index in [0.29, 0.717) is 17.9 Å². The molecular weight excluding hydrogens is 274 g/mol. The number of fused-ring (bicyclic) bond motifs is 1. The van der Waals surface area contributed by atoms with Crippen molar-refractivity contribution < 1.29 is 0 Å². The number of nitrogens with zero attached hydrogens (tertiary/aromatic N) is 3. The molecule has 2 aliphatic rings. The van der Waals surface area contributed by atoms with Crippen molar-refractivity contribution in [1.82, 2.24) is 15.3 Å². The summed E-state index contributed by atoms with van der Waals surface area (Å²) in [6.45, 7) is 1.96. The fraction of sp³-hybridized carbons (Fsp3) is 0.529. The van der Waals surface area contributed by atoms with Crippen LogP contribution in [0.15, 0.2) is 18.2 Å². The Kier molecular flexibility index (Phi) is 3.37. The van der Waals surface area contributed by atoms with Gasteiger partial charge in [-0.1, -0.05) is 18.9 Å². The van der Waals surface area contributed by atoms with Crippen molar-refractivity contribution in [2.45, 2.75) is 37.6 Å². The van der Waals surface area contributed by atoms with Crippen molar-refractivity contribution in [2.75, 3.05) is 30.8 Å². The zero-order valence-electron chi connectivity index (χ0n) is 13.0. The normalized spacial score (nSPS) is 19.8. The maximum atomic E-state index is 5.95. The molecule has 1 saturated carbocycles. The van der Waals surface area contributed by atoms with Crippen LogP contribution in [0.4, 0.5) is 11.8 Å². The van der Waals surface area contributed by atoms with Gasteiger partial charge in [0.1, 0.15) is 5.82 Å². The van der Waals surface area contributed by atoms with E-state index in [0.717, 1.165) is 29.8 Å². The molecule has 1 aliphatic heterocycles. The molecular formula is C17H23N5. The first-order valence-electron chi connectivity index (χ1n) is 8.24. The van der Waals surface area contributed by atoms with E-state index in [2.05, 4.69) is 38.4 Å². The molecule has 0 unspecified atom stereocenters. The van der Waals surface area contributed by atoms with E-state index in [4.69, 9.17) is 5.73 Å². The molecule has 0 amide bonds. The zero-order chi connectivity index (χ0) is 15.1. The predicted molar refractivity (Wildman–Crippen MR) is 90.2 cm³/mol. The summed E-state index contributed by atoms with van der Waals surface area (Å²) >= 11 is 0. The SMILES string of the molecule is CNC1CN(c2nc(N)nc3cc(C4CCCC4)ccc23)C1. The highest BCUT2D eigenvalue weighted by molar-refractivity contribution is 5.91. The molecule has 1 aliphatic carbocycles. The third-order valence-corrected chi connectivity index (χ3v) is 5.13. The summed E-state index contributed by atoms with van der Waals surface area (Å²) in [5, 5.41) is 4.41. The van der Waals surface area contributed by atoms with E-state index >= 15 is 0 Å². The lowest BCUT2D eigenvalue weighted by Gasteiger charge is -2.40. The summed E-state index contributed by atoms with van der Waals surface area (Å²) in [7, 11) is 2.00. The third-order valence-electron chi connectivity index (χ3n) is 5.13. The van der Waals surface area contributed by atoms with Crippen LogP contribution in [0.5, 0.6) is 0 Å². The molecule has 5 heteroatoms. The van der Waals surface area contributed by atoms with Gasteiger partial charge in [0.25, 0.3) is 0 Å². The molecule has 2 fully saturated rings. The minimum Gasteiger partial charge on any atom is -0.368 e. The van der Waals surface area contributed by atoms with Crippen LogP contribution < -0.4 is 16.0 Å². The van der Waals surface area contributed by atoms with Crippen LogP contribution in [0.3, 0.4) is 0 Å². The predicted octanol–water partition coefficient (Wildman–Crippen LogP) is 2.28. The molecule has 0 atom stereocenters. The van der Waals surface area contributed by atoms with Crippen LogP contribution in [0, 0.1) is 0 Å². The molecule has 3 N–H and O–H groups in total. The van der Waals surface area contributed by atoms with E-state index in [9.17, 15) is 0 Å². The van der Waals surface area contributed by atoms with Crippen LogP contribution in [-0.2, 0) is 0 Å². The molecule has 2 aromatic rings. The third kappa shape index (κ3) is 2.29. The molecule has 1 aromatic carbocycles. The topological polar surface area (TPSA) is 67.1 Å². The maximum absolute atomic E-state index is 5.95. The number of nitrogens with one attached hydrogen (secondary N) is 1. The van der Waals surface area contributed by atoms with Gasteiger partial charge in [-0.2, -0.15) is 4.98 Å². The van der Waals surface area contributed by atoms with Gasteiger partial charge in [0, 0.05) is 24.5 Å². The summed E-state index contributed by atoms with van der Waals surface area (Å²) in [6, 6.07) is 7.22. The lowest BCUT2D eigenvalue weighted by Crippen LogP contribution is -2.57. The van der Waals surface area contributed by atoms with E-state index in [1.165, 1.54) is 31.2 Å². The highest BCUT2D eigenvalue weighted by Crippen LogP contribution is 2.36. The zero-order valence-corrected chi connectivity index (χ0v) is 13.0. The van der Waals surface area contributed by atoms with Crippen LogP contribution in [0.25, 0.3) is 10.9 Å². The van der Waals surface area contributed by atoms with Gasteiger partial charge in [-0.3, -0.25) is 0 Å². The van der Waals surface area contributed by atoms with Gasteiger partial charge in [-0.25, -0.2) is 4.98 Å². The number of nitrogens with two attached hydrogens (primary N) is 1. The molecule has 1 saturated heterocycles. The summed E-state index contributed by atoms with van der Waals surface area (Å²) in [4.78, 5) is 11.2. The number of hydrogen-bond acceptors (Lipinski definition) is 5. The molecule has 22 heavy (non-hydrogen) atoms. The number of aromatic nitrogens is 2. The second kappa shape index (κ2) is 5.39. The van der Waals surface area contributed by atoms with Crippen LogP contribution in [0.1, 0.15) is 37.2 Å². The average Bonchev–Trinajstić information content (AvgIpc) is 2.99. The number of likely N-dealkylation sites (N-methyl/N-ethyl adjacent to an activating group) is 1. The molecule has 4 rings (SSSR count). The molecule has 5 nitrogen and oxygen atoms in total. The summed E-state index contributed by atoms with van der Waals surface area (Å²) in [5.74, 6) is 2.05. The molecule has 116 valence electrons. The van der Waals surface area contributed by atoms with Gasteiger partial charge in [0.15, 0.2) is 0 Å². The fourth-order valence-electron chi connectivity index (χ4n) is 3.74. The fourth-order valence-corrected chi connectivity index (χ4v) is 3.74. The van der Waals surface area contributed by atoms with E-state index < -0.39 is 0 Å². The number of hydrogen-bond donors (Lipinski definition) is 2. The number of benzene rings is 1. The minimum atomic E-state index is 0.374. The standard InChI is InChI=1S/C17H23N5/c1-19-13-9-22(10-13)16-14-7-6-12(11-4-2-3-5-11)8-15(14)20-17(18)21-16/h6-8,11,13,19H,2-5,9-10H2,1H3,(H2,18,20,21). The Hall–Kier alpha value is -1.88. The second-order valence-corrected chi connectivity index (χ2v) is 6.55. The Labute approximate surface area is 130 Å². The van der Waals surface area contributed by atoms with Crippen LogP contribution >= 0.6 is 0 Å². The first-order chi connectivity index (χ1) is 10.7. The highest BCUT2D eigenvalue weighted by atomic mass is 15.3. The molecule has 0 bridgehead atoms. The lowest BCUT2D eigenvalue weighted by molar-refractivity contribution is 0.448. The molecule has 0 spiro atoms. The van der Waals surface area contributed by atoms with Gasteiger partial charge in [0.05, 0.1) is 5.52 Å². The Bertz CT molecular complexity index is 687. The van der Waals surface area contributed by atoms with Crippen molar-refractivity contribution >= 4 is 22.7 Å². The Morgan fingerprint density at radius 1 is 1.18 bits per heavy atom. The Morgan fingerprint density at radius 3 is 2.68 bits per heavy atom. The van der Waals surface area contributed by atoms with Crippen molar-refractivity contribution in [3.63, 3.8) is 0 Å². The van der Waals surface area contributed by atoms with Crippen molar-refractivity contribution in [3.05, 3.63) is 23.8 Å². The van der Waals surface area contributed by atoms with Crippen LogP contribution in [-0.4, -0.2) is 36.1 Å². The number of anilines is 2. The van der Waals surface area contributed by atoms with Gasteiger partial charge >= 0.3 is 0 Å². The second-order valence-electron chi connectivity index (χ2n) is 6.55. The maximum Gasteiger partial charge on any atom is 0.222 e. The monoisotopic (exact) mass is 297 g/mol. The van der Waals surface area contributed by atoms with E-state index in [1.807, 2.05) is 7.05 Å². The first-order valence-corrected chi connectivity index (χ1v) is 8.24. The quantitative estimate of drug-likeness (QED) is 0.910. The van der Waals surface area contributed by atoms with Gasteiger partial charge in [0.2, 0.25) is 5.95 Å². The summed E-state index contributed by atoms with van der Waals surface area (Å²) < 4.78 is 0. The molecule has 2 heterocycles. The Morgan fingerprint density at radius 2 is 1.95 bits per heavy atom. The van der Waals surface area contributed by atoms with Crippen molar-refractivity contribution in [2.24, 2.45) is 0 Å². The van der Waals surface area contributed by atoms with Gasteiger partial charge in [-0.15, -0.1) is 0 Å². The molecule has 0 radical (unpaired) electrons. The number of nitrogen functional groups attached to an aromatic ring is 1. The first kappa shape index (κ1) is 13.8. The Balaban J connectivity index is 1.71.